The number of methoxy groups -OCH3 is 2. The van der Waals surface area contributed by atoms with Gasteiger partial charge in [-0.2, -0.15) is 4.98 Å². The van der Waals surface area contributed by atoms with E-state index in [4.69, 9.17) is 19.1 Å². The lowest BCUT2D eigenvalue weighted by Gasteiger charge is -2.07. The molecule has 0 fully saturated rings. The Hall–Kier alpha value is -2.57. The van der Waals surface area contributed by atoms with Crippen molar-refractivity contribution < 1.29 is 23.9 Å². The molecule has 0 aliphatic heterocycles. The second-order valence-electron chi connectivity index (χ2n) is 3.65. The van der Waals surface area contributed by atoms with Crippen LogP contribution in [0.3, 0.4) is 0 Å². The van der Waals surface area contributed by atoms with E-state index in [9.17, 15) is 4.79 Å². The second kappa shape index (κ2) is 5.38. The van der Waals surface area contributed by atoms with Crippen LogP contribution in [0.15, 0.2) is 22.7 Å². The van der Waals surface area contributed by atoms with Crippen molar-refractivity contribution in [3.63, 3.8) is 0 Å². The van der Waals surface area contributed by atoms with Crippen molar-refractivity contribution in [2.45, 2.75) is 6.42 Å². The molecule has 0 saturated carbocycles. The first-order chi connectivity index (χ1) is 9.13. The van der Waals surface area contributed by atoms with E-state index in [0.717, 1.165) is 0 Å². The summed E-state index contributed by atoms with van der Waals surface area (Å²) in [4.78, 5) is 14.5. The minimum absolute atomic E-state index is 0.0530. The van der Waals surface area contributed by atoms with Crippen molar-refractivity contribution in [1.82, 2.24) is 10.1 Å². The molecule has 1 aromatic heterocycles. The van der Waals surface area contributed by atoms with E-state index in [1.54, 1.807) is 18.2 Å². The van der Waals surface area contributed by atoms with E-state index in [2.05, 4.69) is 10.1 Å². The highest BCUT2D eigenvalue weighted by molar-refractivity contribution is 5.69. The third-order valence-corrected chi connectivity index (χ3v) is 2.41. The molecular formula is C12H12N2O5. The Bertz CT molecular complexity index is 594. The Balaban J connectivity index is 2.31. The van der Waals surface area contributed by atoms with E-state index in [1.807, 2.05) is 0 Å². The molecule has 2 aromatic rings. The molecule has 1 aromatic carbocycles. The third-order valence-electron chi connectivity index (χ3n) is 2.41. The average molecular weight is 264 g/mol. The SMILES string of the molecule is COc1ccc(-c2noc(CC(=O)O)n2)cc1OC. The fraction of sp³-hybridized carbons (Fsp3) is 0.250. The van der Waals surface area contributed by atoms with Crippen LogP contribution in [0.5, 0.6) is 11.5 Å². The number of hydrogen-bond acceptors (Lipinski definition) is 6. The number of carbonyl (C=O) groups is 1. The van der Waals surface area contributed by atoms with Crippen LogP contribution in [0.4, 0.5) is 0 Å². The summed E-state index contributed by atoms with van der Waals surface area (Å²) in [5.74, 6) is 0.446. The number of aliphatic carboxylic acids is 1. The van der Waals surface area contributed by atoms with Gasteiger partial charge in [-0.05, 0) is 18.2 Å². The summed E-state index contributed by atoms with van der Waals surface area (Å²) in [6.45, 7) is 0. The predicted molar refractivity (Wildman–Crippen MR) is 64.2 cm³/mol. The molecule has 0 amide bonds. The molecule has 0 radical (unpaired) electrons. The summed E-state index contributed by atoms with van der Waals surface area (Å²) < 4.78 is 15.1. The summed E-state index contributed by atoms with van der Waals surface area (Å²) in [5, 5.41) is 12.4. The molecule has 7 nitrogen and oxygen atoms in total. The maximum atomic E-state index is 10.5. The van der Waals surface area contributed by atoms with Gasteiger partial charge in [0.15, 0.2) is 11.5 Å². The summed E-state index contributed by atoms with van der Waals surface area (Å²) >= 11 is 0. The van der Waals surface area contributed by atoms with E-state index >= 15 is 0 Å². The van der Waals surface area contributed by atoms with Crippen LogP contribution < -0.4 is 9.47 Å². The van der Waals surface area contributed by atoms with E-state index in [-0.39, 0.29) is 12.3 Å². The van der Waals surface area contributed by atoms with E-state index in [0.29, 0.717) is 22.9 Å². The first-order valence-corrected chi connectivity index (χ1v) is 5.41. The molecule has 19 heavy (non-hydrogen) atoms. The molecule has 0 aliphatic rings. The minimum Gasteiger partial charge on any atom is -0.493 e. The maximum absolute atomic E-state index is 10.5. The Morgan fingerprint density at radius 1 is 1.32 bits per heavy atom. The number of aromatic nitrogens is 2. The molecule has 100 valence electrons. The molecule has 0 atom stereocenters. The summed E-state index contributed by atoms with van der Waals surface area (Å²) in [6.07, 6.45) is -0.305. The monoisotopic (exact) mass is 264 g/mol. The van der Waals surface area contributed by atoms with Crippen LogP contribution in [0.1, 0.15) is 5.89 Å². The molecule has 0 spiro atoms. The summed E-state index contributed by atoms with van der Waals surface area (Å²) in [5.41, 5.74) is 0.651. The topological polar surface area (TPSA) is 94.7 Å². The number of benzene rings is 1. The van der Waals surface area contributed by atoms with E-state index < -0.39 is 5.97 Å². The normalized spacial score (nSPS) is 10.2. The number of carboxylic acid groups (broad SMARTS) is 1. The van der Waals surface area contributed by atoms with Crippen molar-refractivity contribution in [3.8, 4) is 22.9 Å². The Morgan fingerprint density at radius 3 is 2.68 bits per heavy atom. The summed E-state index contributed by atoms with van der Waals surface area (Å²) in [6, 6.07) is 5.13. The first kappa shape index (κ1) is 12.9. The molecule has 1 heterocycles. The number of rotatable bonds is 5. The zero-order valence-corrected chi connectivity index (χ0v) is 10.4. The molecule has 0 unspecified atom stereocenters. The third kappa shape index (κ3) is 2.82. The van der Waals surface area contributed by atoms with Gasteiger partial charge in [-0.1, -0.05) is 5.16 Å². The lowest BCUT2D eigenvalue weighted by molar-refractivity contribution is -0.136. The van der Waals surface area contributed by atoms with Crippen LogP contribution in [0, 0.1) is 0 Å². The molecule has 0 saturated heterocycles. The Morgan fingerprint density at radius 2 is 2.05 bits per heavy atom. The van der Waals surface area contributed by atoms with Gasteiger partial charge in [0.1, 0.15) is 6.42 Å². The standard InChI is InChI=1S/C12H12N2O5/c1-17-8-4-3-7(5-9(8)18-2)12-13-10(19-14-12)6-11(15)16/h3-5H,6H2,1-2H3,(H,15,16). The van der Waals surface area contributed by atoms with Crippen LogP contribution in [0.2, 0.25) is 0 Å². The molecule has 1 N–H and O–H groups in total. The van der Waals surface area contributed by atoms with Crippen LogP contribution in [0.25, 0.3) is 11.4 Å². The molecule has 2 rings (SSSR count). The maximum Gasteiger partial charge on any atom is 0.312 e. The lowest BCUT2D eigenvalue weighted by atomic mass is 10.2. The van der Waals surface area contributed by atoms with E-state index in [1.165, 1.54) is 14.2 Å². The van der Waals surface area contributed by atoms with Crippen molar-refractivity contribution >= 4 is 5.97 Å². The molecular weight excluding hydrogens is 252 g/mol. The van der Waals surface area contributed by atoms with Crippen LogP contribution in [-0.2, 0) is 11.2 Å². The molecule has 0 bridgehead atoms. The average Bonchev–Trinajstić information content (AvgIpc) is 2.85. The largest absolute Gasteiger partial charge is 0.493 e. The number of hydrogen-bond donors (Lipinski definition) is 1. The van der Waals surface area contributed by atoms with Gasteiger partial charge in [0.25, 0.3) is 0 Å². The molecule has 7 heteroatoms. The zero-order chi connectivity index (χ0) is 13.8. The van der Waals surface area contributed by atoms with Gasteiger partial charge in [-0.15, -0.1) is 0 Å². The quantitative estimate of drug-likeness (QED) is 0.871. The number of carboxylic acids is 1. The highest BCUT2D eigenvalue weighted by Crippen LogP contribution is 2.31. The van der Waals surface area contributed by atoms with Gasteiger partial charge in [-0.25, -0.2) is 0 Å². The van der Waals surface area contributed by atoms with Gasteiger partial charge in [0.05, 0.1) is 14.2 Å². The van der Waals surface area contributed by atoms with Crippen LogP contribution >= 0.6 is 0 Å². The lowest BCUT2D eigenvalue weighted by Crippen LogP contribution is -1.99. The fourth-order valence-corrected chi connectivity index (χ4v) is 1.55. The van der Waals surface area contributed by atoms with Crippen LogP contribution in [-0.4, -0.2) is 35.4 Å². The smallest absolute Gasteiger partial charge is 0.312 e. The minimum atomic E-state index is -1.03. The van der Waals surface area contributed by atoms with Crippen molar-refractivity contribution in [3.05, 3.63) is 24.1 Å². The van der Waals surface area contributed by atoms with Gasteiger partial charge in [-0.3, -0.25) is 4.79 Å². The molecule has 0 aliphatic carbocycles. The van der Waals surface area contributed by atoms with Crippen molar-refractivity contribution in [1.29, 1.82) is 0 Å². The zero-order valence-electron chi connectivity index (χ0n) is 10.4. The van der Waals surface area contributed by atoms with Gasteiger partial charge < -0.3 is 19.1 Å². The fourth-order valence-electron chi connectivity index (χ4n) is 1.55. The van der Waals surface area contributed by atoms with Crippen molar-refractivity contribution in [2.24, 2.45) is 0 Å². The van der Waals surface area contributed by atoms with Gasteiger partial charge >= 0.3 is 5.97 Å². The Kier molecular flexibility index (Phi) is 3.65. The van der Waals surface area contributed by atoms with Crippen molar-refractivity contribution in [2.75, 3.05) is 14.2 Å². The number of ether oxygens (including phenoxy) is 2. The first-order valence-electron chi connectivity index (χ1n) is 5.41. The second-order valence-corrected chi connectivity index (χ2v) is 3.65. The van der Waals surface area contributed by atoms with Gasteiger partial charge in [0.2, 0.25) is 11.7 Å². The Labute approximate surface area is 108 Å². The number of nitrogens with zero attached hydrogens (tertiary/aromatic N) is 2. The highest BCUT2D eigenvalue weighted by Gasteiger charge is 2.13. The highest BCUT2D eigenvalue weighted by atomic mass is 16.5. The summed E-state index contributed by atoms with van der Waals surface area (Å²) in [7, 11) is 3.06. The predicted octanol–water partition coefficient (Wildman–Crippen LogP) is 1.38. The van der Waals surface area contributed by atoms with Gasteiger partial charge in [0, 0.05) is 5.56 Å².